The Bertz CT molecular complexity index is 618. The topological polar surface area (TPSA) is 49.4 Å². The maximum atomic E-state index is 6.40. The second kappa shape index (κ2) is 34.8. The van der Waals surface area contributed by atoms with Crippen LogP contribution in [-0.2, 0) is 23.7 Å². The molecule has 0 amide bonds. The fourth-order valence-corrected chi connectivity index (χ4v) is 7.34. The second-order valence-corrected chi connectivity index (χ2v) is 15.4. The first-order valence-corrected chi connectivity index (χ1v) is 22.1. The highest BCUT2D eigenvalue weighted by Crippen LogP contribution is 2.24. The van der Waals surface area contributed by atoms with E-state index in [0.717, 1.165) is 71.7 Å². The van der Waals surface area contributed by atoms with E-state index in [2.05, 4.69) is 18.7 Å². The molecule has 2 aliphatic rings. The SMILES string of the molecule is CCCCCCCCCCCCCCCOCC1OC(CCCCN2CCOCC2)OC1COCCCCCCCCCCCCCCC. The number of nitrogens with zero attached hydrogens (tertiary/aromatic N) is 1. The first kappa shape index (κ1) is 44.9. The molecule has 0 aromatic rings. The highest BCUT2D eigenvalue weighted by atomic mass is 16.7. The van der Waals surface area contributed by atoms with Crippen LogP contribution in [0.25, 0.3) is 0 Å². The number of ether oxygens (including phenoxy) is 5. The Morgan fingerprint density at radius 3 is 1.20 bits per heavy atom. The Morgan fingerprint density at radius 2 is 0.816 bits per heavy atom. The summed E-state index contributed by atoms with van der Waals surface area (Å²) < 4.78 is 30.6. The van der Waals surface area contributed by atoms with E-state index in [9.17, 15) is 0 Å². The first-order valence-electron chi connectivity index (χ1n) is 22.1. The molecule has 2 rings (SSSR count). The number of hydrogen-bond donors (Lipinski definition) is 0. The smallest absolute Gasteiger partial charge is 0.158 e. The van der Waals surface area contributed by atoms with Crippen LogP contribution < -0.4 is 0 Å². The summed E-state index contributed by atoms with van der Waals surface area (Å²) >= 11 is 0. The summed E-state index contributed by atoms with van der Waals surface area (Å²) in [5, 5.41) is 0. The van der Waals surface area contributed by atoms with E-state index >= 15 is 0 Å². The lowest BCUT2D eigenvalue weighted by Gasteiger charge is -2.26. The zero-order chi connectivity index (χ0) is 34.7. The van der Waals surface area contributed by atoms with Gasteiger partial charge in [0.05, 0.1) is 26.4 Å². The van der Waals surface area contributed by atoms with Crippen LogP contribution in [0.1, 0.15) is 200 Å². The van der Waals surface area contributed by atoms with Gasteiger partial charge in [-0.2, -0.15) is 0 Å². The minimum absolute atomic E-state index is 0.0159. The molecule has 6 heteroatoms. The molecular weight excluding hydrogens is 610 g/mol. The summed E-state index contributed by atoms with van der Waals surface area (Å²) in [4.78, 5) is 2.51. The summed E-state index contributed by atoms with van der Waals surface area (Å²) in [6.07, 6.45) is 38.9. The average Bonchev–Trinajstić information content (AvgIpc) is 3.51. The van der Waals surface area contributed by atoms with Crippen LogP contribution in [-0.4, -0.2) is 82.7 Å². The molecule has 2 aliphatic heterocycles. The normalized spacial score (nSPS) is 20.1. The molecule has 0 aromatic heterocycles. The van der Waals surface area contributed by atoms with Gasteiger partial charge in [-0.1, -0.05) is 168 Å². The monoisotopic (exact) mass is 696 g/mol. The summed E-state index contributed by atoms with van der Waals surface area (Å²) in [5.41, 5.74) is 0. The van der Waals surface area contributed by atoms with Crippen molar-refractivity contribution in [2.75, 3.05) is 59.3 Å². The summed E-state index contributed by atoms with van der Waals surface area (Å²) in [6.45, 7) is 12.5. The number of unbranched alkanes of at least 4 members (excludes halogenated alkanes) is 25. The van der Waals surface area contributed by atoms with Crippen molar-refractivity contribution in [3.05, 3.63) is 0 Å². The van der Waals surface area contributed by atoms with Crippen molar-refractivity contribution < 1.29 is 23.7 Å². The van der Waals surface area contributed by atoms with Gasteiger partial charge in [-0.25, -0.2) is 0 Å². The van der Waals surface area contributed by atoms with Crippen molar-refractivity contribution >= 4 is 0 Å². The van der Waals surface area contributed by atoms with Crippen molar-refractivity contribution in [3.63, 3.8) is 0 Å². The highest BCUT2D eigenvalue weighted by molar-refractivity contribution is 4.78. The van der Waals surface area contributed by atoms with Gasteiger partial charge >= 0.3 is 0 Å². The van der Waals surface area contributed by atoms with E-state index in [4.69, 9.17) is 23.7 Å². The maximum Gasteiger partial charge on any atom is 0.158 e. The highest BCUT2D eigenvalue weighted by Gasteiger charge is 2.36. The molecule has 292 valence electrons. The van der Waals surface area contributed by atoms with Crippen LogP contribution in [0.15, 0.2) is 0 Å². The lowest BCUT2D eigenvalue weighted by molar-refractivity contribution is -0.0849. The minimum Gasteiger partial charge on any atom is -0.379 e. The van der Waals surface area contributed by atoms with Gasteiger partial charge in [0.25, 0.3) is 0 Å². The molecule has 0 N–H and O–H groups in total. The fourth-order valence-electron chi connectivity index (χ4n) is 7.34. The molecule has 2 saturated heterocycles. The van der Waals surface area contributed by atoms with Gasteiger partial charge in [0.2, 0.25) is 0 Å². The van der Waals surface area contributed by atoms with Crippen LogP contribution in [0.5, 0.6) is 0 Å². The maximum absolute atomic E-state index is 6.40. The summed E-state index contributed by atoms with van der Waals surface area (Å²) in [5.74, 6) is 0. The van der Waals surface area contributed by atoms with Gasteiger partial charge in [-0.15, -0.1) is 0 Å². The third-order valence-electron chi connectivity index (χ3n) is 10.7. The Kier molecular flexibility index (Phi) is 31.9. The Hall–Kier alpha value is -0.240. The van der Waals surface area contributed by atoms with Gasteiger partial charge in [0.1, 0.15) is 12.2 Å². The molecule has 2 fully saturated rings. The molecular formula is C43H85NO5. The lowest BCUT2D eigenvalue weighted by atomic mass is 10.0. The summed E-state index contributed by atoms with van der Waals surface area (Å²) in [7, 11) is 0. The quantitative estimate of drug-likeness (QED) is 0.0603. The van der Waals surface area contributed by atoms with Gasteiger partial charge in [0.15, 0.2) is 6.29 Å². The van der Waals surface area contributed by atoms with Crippen LogP contribution in [0, 0.1) is 0 Å². The van der Waals surface area contributed by atoms with Crippen molar-refractivity contribution in [3.8, 4) is 0 Å². The zero-order valence-corrected chi connectivity index (χ0v) is 33.1. The molecule has 0 saturated carbocycles. The zero-order valence-electron chi connectivity index (χ0n) is 33.1. The lowest BCUT2D eigenvalue weighted by Crippen LogP contribution is -2.36. The Labute approximate surface area is 305 Å². The molecule has 0 aliphatic carbocycles. The predicted molar refractivity (Wildman–Crippen MR) is 208 cm³/mol. The van der Waals surface area contributed by atoms with Gasteiger partial charge in [0, 0.05) is 26.3 Å². The first-order chi connectivity index (χ1) is 24.3. The third-order valence-corrected chi connectivity index (χ3v) is 10.7. The van der Waals surface area contributed by atoms with E-state index in [1.807, 2.05) is 0 Å². The molecule has 2 atom stereocenters. The second-order valence-electron chi connectivity index (χ2n) is 15.4. The Morgan fingerprint density at radius 1 is 0.449 bits per heavy atom. The largest absolute Gasteiger partial charge is 0.379 e. The number of morpholine rings is 1. The van der Waals surface area contributed by atoms with E-state index in [1.165, 1.54) is 161 Å². The molecule has 0 radical (unpaired) electrons. The summed E-state index contributed by atoms with van der Waals surface area (Å²) in [6, 6.07) is 0. The number of hydrogen-bond acceptors (Lipinski definition) is 6. The predicted octanol–water partition coefficient (Wildman–Crippen LogP) is 11.8. The molecule has 49 heavy (non-hydrogen) atoms. The molecule has 0 spiro atoms. The van der Waals surface area contributed by atoms with E-state index in [0.29, 0.717) is 13.2 Å². The van der Waals surface area contributed by atoms with Crippen LogP contribution >= 0.6 is 0 Å². The van der Waals surface area contributed by atoms with Crippen molar-refractivity contribution in [2.45, 2.75) is 219 Å². The van der Waals surface area contributed by atoms with Gasteiger partial charge in [-0.3, -0.25) is 4.90 Å². The Balaban J connectivity index is 1.50. The third kappa shape index (κ3) is 27.1. The van der Waals surface area contributed by atoms with E-state index < -0.39 is 0 Å². The van der Waals surface area contributed by atoms with Crippen LogP contribution in [0.2, 0.25) is 0 Å². The van der Waals surface area contributed by atoms with Gasteiger partial charge in [-0.05, 0) is 38.6 Å². The van der Waals surface area contributed by atoms with Gasteiger partial charge < -0.3 is 23.7 Å². The molecule has 6 nitrogen and oxygen atoms in total. The van der Waals surface area contributed by atoms with E-state index in [1.54, 1.807) is 0 Å². The van der Waals surface area contributed by atoms with Crippen molar-refractivity contribution in [2.24, 2.45) is 0 Å². The average molecular weight is 696 g/mol. The minimum atomic E-state index is -0.125. The molecule has 2 heterocycles. The standard InChI is InChI=1S/C43H85NO5/c1-3-5-7-9-11-13-15-17-19-21-23-25-29-35-46-39-41-42(49-43(48-41)31-27-28-32-44-33-37-45-38-34-44)40-47-36-30-26-24-22-20-18-16-14-12-10-8-6-4-2/h41-43H,3-40H2,1-2H3. The number of rotatable bonds is 37. The molecule has 0 bridgehead atoms. The molecule has 2 unspecified atom stereocenters. The van der Waals surface area contributed by atoms with Crippen molar-refractivity contribution in [1.29, 1.82) is 0 Å². The van der Waals surface area contributed by atoms with Crippen LogP contribution in [0.3, 0.4) is 0 Å². The molecule has 0 aromatic carbocycles. The van der Waals surface area contributed by atoms with Crippen LogP contribution in [0.4, 0.5) is 0 Å². The van der Waals surface area contributed by atoms with E-state index in [-0.39, 0.29) is 18.5 Å². The fraction of sp³-hybridized carbons (Fsp3) is 1.00. The van der Waals surface area contributed by atoms with Crippen molar-refractivity contribution in [1.82, 2.24) is 4.90 Å².